The van der Waals surface area contributed by atoms with Gasteiger partial charge in [0.05, 0.1) is 12.3 Å². The molecule has 3 aromatic rings. The third-order valence-electron chi connectivity index (χ3n) is 3.36. The molecule has 3 rings (SSSR count). The molecule has 0 saturated carbocycles. The molecular weight excluding hydrogens is 280 g/mol. The van der Waals surface area contributed by atoms with Gasteiger partial charge in [-0.15, -0.1) is 0 Å². The molecule has 112 valence electrons. The Balaban J connectivity index is 1.81. The molecule has 0 atom stereocenters. The Morgan fingerprint density at radius 2 is 2.09 bits per heavy atom. The number of carbonyl (C=O) groups is 1. The smallest absolute Gasteiger partial charge is 0.251 e. The first-order valence-electron chi connectivity index (χ1n) is 6.96. The van der Waals surface area contributed by atoms with Crippen LogP contribution in [0.3, 0.4) is 0 Å². The van der Waals surface area contributed by atoms with E-state index in [-0.39, 0.29) is 5.91 Å². The SMILES string of the molecule is COCCNC(=O)c1ccc(-c2[nH]nc3ncccc23)cc1. The number of methoxy groups -OCH3 is 1. The summed E-state index contributed by atoms with van der Waals surface area (Å²) in [7, 11) is 1.60. The predicted octanol–water partition coefficient (Wildman–Crippen LogP) is 2.00. The highest BCUT2D eigenvalue weighted by atomic mass is 16.5. The lowest BCUT2D eigenvalue weighted by Crippen LogP contribution is -2.26. The number of hydrogen-bond donors (Lipinski definition) is 2. The van der Waals surface area contributed by atoms with Crippen LogP contribution in [-0.4, -0.2) is 41.3 Å². The standard InChI is InChI=1S/C16H16N4O2/c1-22-10-9-18-16(21)12-6-4-11(5-7-12)14-13-3-2-8-17-15(13)20-19-14/h2-8H,9-10H2,1H3,(H,18,21)(H,17,19,20). The first kappa shape index (κ1) is 14.2. The molecule has 0 radical (unpaired) electrons. The van der Waals surface area contributed by atoms with Crippen LogP contribution >= 0.6 is 0 Å². The fraction of sp³-hybridized carbons (Fsp3) is 0.188. The van der Waals surface area contributed by atoms with Gasteiger partial charge < -0.3 is 10.1 Å². The summed E-state index contributed by atoms with van der Waals surface area (Å²) >= 11 is 0. The zero-order valence-corrected chi connectivity index (χ0v) is 12.2. The van der Waals surface area contributed by atoms with Gasteiger partial charge in [0.15, 0.2) is 5.65 Å². The second-order valence-electron chi connectivity index (χ2n) is 4.80. The molecule has 6 heteroatoms. The van der Waals surface area contributed by atoms with Crippen LogP contribution in [0.5, 0.6) is 0 Å². The number of H-pyrrole nitrogens is 1. The highest BCUT2D eigenvalue weighted by Crippen LogP contribution is 2.25. The van der Waals surface area contributed by atoms with Crippen LogP contribution in [0.15, 0.2) is 42.6 Å². The normalized spacial score (nSPS) is 10.8. The molecule has 6 nitrogen and oxygen atoms in total. The van der Waals surface area contributed by atoms with Crippen molar-refractivity contribution in [3.63, 3.8) is 0 Å². The maximum atomic E-state index is 11.9. The number of amides is 1. The number of aromatic amines is 1. The van der Waals surface area contributed by atoms with Gasteiger partial charge in [-0.2, -0.15) is 5.10 Å². The second-order valence-corrected chi connectivity index (χ2v) is 4.80. The van der Waals surface area contributed by atoms with Gasteiger partial charge in [-0.05, 0) is 24.3 Å². The van der Waals surface area contributed by atoms with Crippen LogP contribution in [-0.2, 0) is 4.74 Å². The van der Waals surface area contributed by atoms with Crippen molar-refractivity contribution in [3.8, 4) is 11.3 Å². The molecule has 0 aliphatic heterocycles. The summed E-state index contributed by atoms with van der Waals surface area (Å²) in [4.78, 5) is 16.1. The quantitative estimate of drug-likeness (QED) is 0.706. The van der Waals surface area contributed by atoms with Crippen LogP contribution in [0.25, 0.3) is 22.3 Å². The second kappa shape index (κ2) is 6.36. The van der Waals surface area contributed by atoms with Gasteiger partial charge in [-0.1, -0.05) is 12.1 Å². The van der Waals surface area contributed by atoms with E-state index in [4.69, 9.17) is 4.74 Å². The topological polar surface area (TPSA) is 79.9 Å². The van der Waals surface area contributed by atoms with Crippen LogP contribution in [0, 0.1) is 0 Å². The lowest BCUT2D eigenvalue weighted by atomic mass is 10.1. The molecule has 2 heterocycles. The number of hydrogen-bond acceptors (Lipinski definition) is 4. The highest BCUT2D eigenvalue weighted by molar-refractivity contribution is 5.95. The van der Waals surface area contributed by atoms with Crippen molar-refractivity contribution >= 4 is 16.9 Å². The molecule has 2 aromatic heterocycles. The summed E-state index contributed by atoms with van der Waals surface area (Å²) in [6.07, 6.45) is 1.71. The van der Waals surface area contributed by atoms with E-state index in [0.29, 0.717) is 24.4 Å². The maximum Gasteiger partial charge on any atom is 0.251 e. The van der Waals surface area contributed by atoms with Gasteiger partial charge in [-0.25, -0.2) is 4.98 Å². The third-order valence-corrected chi connectivity index (χ3v) is 3.36. The summed E-state index contributed by atoms with van der Waals surface area (Å²) in [5.41, 5.74) is 3.15. The first-order valence-corrected chi connectivity index (χ1v) is 6.96. The molecule has 1 aromatic carbocycles. The number of pyridine rings is 1. The van der Waals surface area contributed by atoms with Crippen molar-refractivity contribution in [1.82, 2.24) is 20.5 Å². The van der Waals surface area contributed by atoms with E-state index in [1.165, 1.54) is 0 Å². The number of ether oxygens (including phenoxy) is 1. The Labute approximate surface area is 127 Å². The van der Waals surface area contributed by atoms with Crippen molar-refractivity contribution < 1.29 is 9.53 Å². The summed E-state index contributed by atoms with van der Waals surface area (Å²) in [5, 5.41) is 10.9. The van der Waals surface area contributed by atoms with Crippen molar-refractivity contribution in [2.24, 2.45) is 0 Å². The molecule has 22 heavy (non-hydrogen) atoms. The van der Waals surface area contributed by atoms with Gasteiger partial charge in [-0.3, -0.25) is 9.89 Å². The Kier molecular flexibility index (Phi) is 4.11. The zero-order chi connectivity index (χ0) is 15.4. The zero-order valence-electron chi connectivity index (χ0n) is 12.2. The summed E-state index contributed by atoms with van der Waals surface area (Å²) in [6.45, 7) is 0.991. The lowest BCUT2D eigenvalue weighted by molar-refractivity contribution is 0.0937. The minimum absolute atomic E-state index is 0.111. The third kappa shape index (κ3) is 2.82. The number of carbonyl (C=O) groups excluding carboxylic acids is 1. The van der Waals surface area contributed by atoms with Crippen LogP contribution in [0.2, 0.25) is 0 Å². The molecule has 0 spiro atoms. The molecule has 0 aliphatic rings. The molecule has 1 amide bonds. The van der Waals surface area contributed by atoms with Crippen molar-refractivity contribution in [2.75, 3.05) is 20.3 Å². The number of fused-ring (bicyclic) bond motifs is 1. The molecule has 0 fully saturated rings. The number of benzene rings is 1. The Morgan fingerprint density at radius 3 is 2.86 bits per heavy atom. The number of nitrogens with one attached hydrogen (secondary N) is 2. The minimum atomic E-state index is -0.111. The molecule has 2 N–H and O–H groups in total. The fourth-order valence-corrected chi connectivity index (χ4v) is 2.23. The lowest BCUT2D eigenvalue weighted by Gasteiger charge is -2.05. The largest absolute Gasteiger partial charge is 0.383 e. The van der Waals surface area contributed by atoms with Gasteiger partial charge in [0.1, 0.15) is 0 Å². The van der Waals surface area contributed by atoms with Crippen LogP contribution < -0.4 is 5.32 Å². The van der Waals surface area contributed by atoms with Gasteiger partial charge >= 0.3 is 0 Å². The summed E-state index contributed by atoms with van der Waals surface area (Å²) < 4.78 is 4.91. The molecule has 0 unspecified atom stereocenters. The molecule has 0 bridgehead atoms. The number of nitrogens with zero attached hydrogens (tertiary/aromatic N) is 2. The van der Waals surface area contributed by atoms with E-state index < -0.39 is 0 Å². The highest BCUT2D eigenvalue weighted by Gasteiger charge is 2.09. The molecule has 0 aliphatic carbocycles. The number of rotatable bonds is 5. The Hall–Kier alpha value is -2.73. The maximum absolute atomic E-state index is 11.9. The monoisotopic (exact) mass is 296 g/mol. The average molecular weight is 296 g/mol. The van der Waals surface area contributed by atoms with E-state index in [1.54, 1.807) is 25.4 Å². The van der Waals surface area contributed by atoms with Gasteiger partial charge in [0, 0.05) is 36.4 Å². The predicted molar refractivity (Wildman–Crippen MR) is 83.5 cm³/mol. The Morgan fingerprint density at radius 1 is 1.27 bits per heavy atom. The van der Waals surface area contributed by atoms with Crippen LogP contribution in [0.4, 0.5) is 0 Å². The van der Waals surface area contributed by atoms with E-state index in [2.05, 4.69) is 20.5 Å². The van der Waals surface area contributed by atoms with Gasteiger partial charge in [0.2, 0.25) is 0 Å². The van der Waals surface area contributed by atoms with Crippen molar-refractivity contribution in [1.29, 1.82) is 0 Å². The van der Waals surface area contributed by atoms with Gasteiger partial charge in [0.25, 0.3) is 5.91 Å². The Bertz CT molecular complexity index is 780. The van der Waals surface area contributed by atoms with E-state index >= 15 is 0 Å². The number of aromatic nitrogens is 3. The summed E-state index contributed by atoms with van der Waals surface area (Å²) in [5.74, 6) is -0.111. The summed E-state index contributed by atoms with van der Waals surface area (Å²) in [6, 6.07) is 11.2. The fourth-order valence-electron chi connectivity index (χ4n) is 2.23. The first-order chi connectivity index (χ1) is 10.8. The van der Waals surface area contributed by atoms with Crippen LogP contribution in [0.1, 0.15) is 10.4 Å². The minimum Gasteiger partial charge on any atom is -0.383 e. The van der Waals surface area contributed by atoms with Crippen molar-refractivity contribution in [3.05, 3.63) is 48.2 Å². The average Bonchev–Trinajstić information content (AvgIpc) is 2.99. The molecule has 0 saturated heterocycles. The molecular formula is C16H16N4O2. The van der Waals surface area contributed by atoms with E-state index in [0.717, 1.165) is 16.6 Å². The van der Waals surface area contributed by atoms with E-state index in [9.17, 15) is 4.79 Å². The van der Waals surface area contributed by atoms with E-state index in [1.807, 2.05) is 24.3 Å². The van der Waals surface area contributed by atoms with Crippen molar-refractivity contribution in [2.45, 2.75) is 0 Å².